The highest BCUT2D eigenvalue weighted by atomic mass is 16.3. The van der Waals surface area contributed by atoms with Crippen LogP contribution in [0.1, 0.15) is 26.4 Å². The number of hydrogen-bond donors (Lipinski definition) is 3. The zero-order valence-electron chi connectivity index (χ0n) is 16.3. The predicted molar refractivity (Wildman–Crippen MR) is 115 cm³/mol. The first-order valence-electron chi connectivity index (χ1n) is 9.47. The monoisotopic (exact) mass is 414 g/mol. The minimum Gasteiger partial charge on any atom is -0.507 e. The lowest BCUT2D eigenvalue weighted by molar-refractivity contribution is 0.0842. The number of aromatic hydroxyl groups is 1. The Morgan fingerprint density at radius 3 is 2.16 bits per heavy atom. The number of rotatable bonds is 4. The average molecular weight is 414 g/mol. The van der Waals surface area contributed by atoms with E-state index in [0.717, 1.165) is 5.56 Å². The number of hydrazine groups is 1. The van der Waals surface area contributed by atoms with Gasteiger partial charge in [-0.05, 0) is 23.8 Å². The van der Waals surface area contributed by atoms with Crippen molar-refractivity contribution in [3.05, 3.63) is 106 Å². The maximum Gasteiger partial charge on any atom is 0.290 e. The third-order valence-corrected chi connectivity index (χ3v) is 4.70. The largest absolute Gasteiger partial charge is 0.507 e. The maximum atomic E-state index is 12.9. The van der Waals surface area contributed by atoms with E-state index in [0.29, 0.717) is 10.8 Å². The number of hydrogen-bond acceptors (Lipinski definition) is 5. The fraction of sp³-hybridized carbons (Fsp3) is 0.0435. The molecule has 4 aromatic rings. The zero-order valence-corrected chi connectivity index (χ0v) is 16.3. The Bertz CT molecular complexity index is 1330. The Balaban J connectivity index is 1.65. The van der Waals surface area contributed by atoms with Gasteiger partial charge in [0.05, 0.1) is 17.5 Å². The number of benzene rings is 3. The lowest BCUT2D eigenvalue weighted by atomic mass is 10.1. The van der Waals surface area contributed by atoms with Crippen molar-refractivity contribution in [2.24, 2.45) is 0 Å². The molecule has 0 unspecified atom stereocenters. The van der Waals surface area contributed by atoms with E-state index < -0.39 is 11.8 Å². The van der Waals surface area contributed by atoms with Gasteiger partial charge in [0.25, 0.3) is 17.4 Å². The fourth-order valence-electron chi connectivity index (χ4n) is 3.17. The molecule has 3 aromatic carbocycles. The number of nitrogens with one attached hydrogen (secondary N) is 2. The van der Waals surface area contributed by atoms with Crippen LogP contribution in [0, 0.1) is 0 Å². The van der Waals surface area contributed by atoms with E-state index >= 15 is 0 Å². The lowest BCUT2D eigenvalue weighted by Gasteiger charge is -2.12. The number of phenols is 1. The number of para-hydroxylation sites is 1. The molecule has 0 radical (unpaired) electrons. The molecular weight excluding hydrogens is 396 g/mol. The van der Waals surface area contributed by atoms with Crippen LogP contribution in [0.15, 0.2) is 83.7 Å². The standard InChI is InChI=1S/C23H18N4O4/c28-19-13-7-6-12-18(19)21(29)24-25-22(30)20-16-10-4-5-11-17(16)23(31)27(26-20)14-15-8-2-1-3-9-15/h1-13,28H,14H2,(H,24,29)(H,25,30). The molecule has 8 heteroatoms. The van der Waals surface area contributed by atoms with Gasteiger partial charge in [-0.3, -0.25) is 25.2 Å². The molecule has 0 spiro atoms. The topological polar surface area (TPSA) is 113 Å². The Morgan fingerprint density at radius 1 is 0.806 bits per heavy atom. The Morgan fingerprint density at radius 2 is 1.42 bits per heavy atom. The van der Waals surface area contributed by atoms with Gasteiger partial charge in [0.15, 0.2) is 5.69 Å². The van der Waals surface area contributed by atoms with Gasteiger partial charge < -0.3 is 5.11 Å². The first kappa shape index (κ1) is 19.8. The second kappa shape index (κ2) is 8.50. The van der Waals surface area contributed by atoms with E-state index in [1.165, 1.54) is 16.8 Å². The van der Waals surface area contributed by atoms with Gasteiger partial charge in [-0.1, -0.05) is 60.7 Å². The molecule has 0 aliphatic rings. The first-order valence-corrected chi connectivity index (χ1v) is 9.47. The molecule has 0 atom stereocenters. The Hall–Kier alpha value is -4.46. The van der Waals surface area contributed by atoms with E-state index in [4.69, 9.17) is 0 Å². The molecule has 4 rings (SSSR count). The summed E-state index contributed by atoms with van der Waals surface area (Å²) in [7, 11) is 0. The smallest absolute Gasteiger partial charge is 0.290 e. The molecule has 8 nitrogen and oxygen atoms in total. The number of carbonyl (C=O) groups is 2. The average Bonchev–Trinajstić information content (AvgIpc) is 2.80. The molecule has 31 heavy (non-hydrogen) atoms. The number of carbonyl (C=O) groups excluding carboxylic acids is 2. The third-order valence-electron chi connectivity index (χ3n) is 4.70. The van der Waals surface area contributed by atoms with Crippen LogP contribution in [0.2, 0.25) is 0 Å². The van der Waals surface area contributed by atoms with Crippen molar-refractivity contribution in [1.29, 1.82) is 0 Å². The van der Waals surface area contributed by atoms with Crippen LogP contribution < -0.4 is 16.4 Å². The highest BCUT2D eigenvalue weighted by Crippen LogP contribution is 2.16. The van der Waals surface area contributed by atoms with E-state index in [9.17, 15) is 19.5 Å². The summed E-state index contributed by atoms with van der Waals surface area (Å²) in [5.74, 6) is -1.59. The van der Waals surface area contributed by atoms with Crippen LogP contribution in [0.3, 0.4) is 0 Å². The summed E-state index contributed by atoms with van der Waals surface area (Å²) >= 11 is 0. The van der Waals surface area contributed by atoms with E-state index in [2.05, 4.69) is 16.0 Å². The van der Waals surface area contributed by atoms with Crippen molar-refractivity contribution in [3.63, 3.8) is 0 Å². The van der Waals surface area contributed by atoms with Crippen molar-refractivity contribution in [1.82, 2.24) is 20.6 Å². The Kier molecular flexibility index (Phi) is 5.44. The van der Waals surface area contributed by atoms with Crippen molar-refractivity contribution in [2.75, 3.05) is 0 Å². The summed E-state index contributed by atoms with van der Waals surface area (Å²) < 4.78 is 1.22. The van der Waals surface area contributed by atoms with Gasteiger partial charge in [-0.15, -0.1) is 0 Å². The molecule has 0 saturated heterocycles. The fourth-order valence-corrected chi connectivity index (χ4v) is 3.17. The summed E-state index contributed by atoms with van der Waals surface area (Å²) in [6.07, 6.45) is 0. The molecule has 0 saturated carbocycles. The highest BCUT2D eigenvalue weighted by Gasteiger charge is 2.18. The van der Waals surface area contributed by atoms with Crippen molar-refractivity contribution < 1.29 is 14.7 Å². The van der Waals surface area contributed by atoms with Gasteiger partial charge in [0, 0.05) is 5.39 Å². The number of fused-ring (bicyclic) bond motifs is 1. The number of phenolic OH excluding ortho intramolecular Hbond substituents is 1. The molecule has 0 fully saturated rings. The molecule has 154 valence electrons. The van der Waals surface area contributed by atoms with Crippen LogP contribution in [-0.2, 0) is 6.54 Å². The van der Waals surface area contributed by atoms with Crippen molar-refractivity contribution in [3.8, 4) is 5.75 Å². The molecular formula is C23H18N4O4. The SMILES string of the molecule is O=C(NNC(=O)c1nn(Cc2ccccc2)c(=O)c2ccccc12)c1ccccc1O. The van der Waals surface area contributed by atoms with Crippen molar-refractivity contribution >= 4 is 22.6 Å². The summed E-state index contributed by atoms with van der Waals surface area (Å²) in [6.45, 7) is 0.190. The van der Waals surface area contributed by atoms with Crippen LogP contribution >= 0.6 is 0 Å². The Labute approximate surface area is 176 Å². The van der Waals surface area contributed by atoms with Gasteiger partial charge >= 0.3 is 0 Å². The van der Waals surface area contributed by atoms with Crippen molar-refractivity contribution in [2.45, 2.75) is 6.54 Å². The van der Waals surface area contributed by atoms with Gasteiger partial charge in [0.1, 0.15) is 5.75 Å². The molecule has 0 aliphatic carbocycles. The van der Waals surface area contributed by atoms with Gasteiger partial charge in [0.2, 0.25) is 0 Å². The number of aromatic nitrogens is 2. The normalized spacial score (nSPS) is 10.6. The van der Waals surface area contributed by atoms with Crippen LogP contribution in [0.4, 0.5) is 0 Å². The van der Waals surface area contributed by atoms with Crippen LogP contribution in [0.25, 0.3) is 10.8 Å². The number of nitrogens with zero attached hydrogens (tertiary/aromatic N) is 2. The first-order chi connectivity index (χ1) is 15.0. The van der Waals surface area contributed by atoms with E-state index in [1.54, 1.807) is 36.4 Å². The summed E-state index contributed by atoms with van der Waals surface area (Å²) in [4.78, 5) is 38.0. The minimum absolute atomic E-state index is 0.00895. The third kappa shape index (κ3) is 4.13. The highest BCUT2D eigenvalue weighted by molar-refractivity contribution is 6.06. The van der Waals surface area contributed by atoms with E-state index in [-0.39, 0.29) is 29.1 Å². The summed E-state index contributed by atoms with van der Waals surface area (Å²) in [6, 6.07) is 21.9. The zero-order chi connectivity index (χ0) is 21.8. The molecule has 1 aromatic heterocycles. The second-order valence-corrected chi connectivity index (χ2v) is 6.77. The van der Waals surface area contributed by atoms with Gasteiger partial charge in [-0.2, -0.15) is 5.10 Å². The molecule has 2 amide bonds. The molecule has 0 bridgehead atoms. The molecule has 3 N–H and O–H groups in total. The molecule has 1 heterocycles. The predicted octanol–water partition coefficient (Wildman–Crippen LogP) is 2.23. The summed E-state index contributed by atoms with van der Waals surface area (Å²) in [5.41, 5.74) is 5.09. The van der Waals surface area contributed by atoms with E-state index in [1.807, 2.05) is 30.3 Å². The minimum atomic E-state index is -0.693. The summed E-state index contributed by atoms with van der Waals surface area (Å²) in [5, 5.41) is 14.7. The van der Waals surface area contributed by atoms with Crippen LogP contribution in [0.5, 0.6) is 5.75 Å². The van der Waals surface area contributed by atoms with Gasteiger partial charge in [-0.25, -0.2) is 4.68 Å². The number of amides is 2. The quantitative estimate of drug-likeness (QED) is 0.443. The second-order valence-electron chi connectivity index (χ2n) is 6.77. The van der Waals surface area contributed by atoms with Crippen LogP contribution in [-0.4, -0.2) is 26.7 Å². The maximum absolute atomic E-state index is 12.9. The molecule has 0 aliphatic heterocycles. The lowest BCUT2D eigenvalue weighted by Crippen LogP contribution is -2.42.